The Morgan fingerprint density at radius 1 is 0.898 bits per heavy atom. The summed E-state index contributed by atoms with van der Waals surface area (Å²) in [4.78, 5) is 47.9. The number of carbonyl (C=O) groups excluding carboxylic acids is 3. The summed E-state index contributed by atoms with van der Waals surface area (Å²) in [6.07, 6.45) is -3.20. The minimum absolute atomic E-state index is 0. The number of piperidine rings is 2. The van der Waals surface area contributed by atoms with Crippen LogP contribution in [0.2, 0.25) is 5.02 Å². The zero-order valence-electron chi connectivity index (χ0n) is 26.8. The minimum Gasteiger partial charge on any atom is -0.436 e. The van der Waals surface area contributed by atoms with Crippen LogP contribution in [0.4, 0.5) is 28.4 Å². The van der Waals surface area contributed by atoms with Crippen molar-refractivity contribution in [2.75, 3.05) is 64.2 Å². The van der Waals surface area contributed by atoms with E-state index in [4.69, 9.17) is 16.3 Å². The maximum Gasteiger partial charge on any atom is 0.417 e. The lowest BCUT2D eigenvalue weighted by Crippen LogP contribution is -2.54. The zero-order chi connectivity index (χ0) is 33.8. The summed E-state index contributed by atoms with van der Waals surface area (Å²) in [5.74, 6) is -0.367. The first-order valence-electron chi connectivity index (χ1n) is 16.8. The van der Waals surface area contributed by atoms with E-state index in [2.05, 4.69) is 15.5 Å². The van der Waals surface area contributed by atoms with Gasteiger partial charge in [0, 0.05) is 83.1 Å². The number of anilines is 1. The summed E-state index contributed by atoms with van der Waals surface area (Å²) in [5, 5.41) is 5.88. The van der Waals surface area contributed by atoms with Crippen LogP contribution in [0.25, 0.3) is 0 Å². The van der Waals surface area contributed by atoms with E-state index in [-0.39, 0.29) is 31.8 Å². The van der Waals surface area contributed by atoms with Crippen LogP contribution in [0.1, 0.15) is 49.8 Å². The molecule has 0 bridgehead atoms. The first-order valence-corrected chi connectivity index (χ1v) is 17.1. The molecule has 4 aliphatic heterocycles. The molecule has 2 aromatic carbocycles. The highest BCUT2D eigenvalue weighted by Gasteiger charge is 2.37. The summed E-state index contributed by atoms with van der Waals surface area (Å²) in [7, 11) is 0. The van der Waals surface area contributed by atoms with Gasteiger partial charge in [-0.15, -0.1) is 0 Å². The molecule has 4 heterocycles. The Morgan fingerprint density at radius 2 is 1.55 bits per heavy atom. The number of ether oxygens (including phenoxy) is 1. The number of alkyl halides is 3. The molecule has 0 aliphatic carbocycles. The second kappa shape index (κ2) is 16.0. The van der Waals surface area contributed by atoms with Gasteiger partial charge in [-0.25, -0.2) is 9.59 Å². The van der Waals surface area contributed by atoms with Gasteiger partial charge in [-0.3, -0.25) is 9.69 Å². The van der Waals surface area contributed by atoms with Gasteiger partial charge in [0.05, 0.1) is 10.6 Å². The van der Waals surface area contributed by atoms with Gasteiger partial charge in [0.2, 0.25) is 0 Å². The average molecular weight is 707 g/mol. The highest BCUT2D eigenvalue weighted by molar-refractivity contribution is 6.31. The Hall–Kier alpha value is -3.55. The van der Waals surface area contributed by atoms with E-state index in [1.54, 1.807) is 4.90 Å². The van der Waals surface area contributed by atoms with Crippen LogP contribution >= 0.6 is 11.6 Å². The predicted molar refractivity (Wildman–Crippen MR) is 182 cm³/mol. The maximum atomic E-state index is 13.9. The summed E-state index contributed by atoms with van der Waals surface area (Å²) in [6.45, 7) is 6.03. The van der Waals surface area contributed by atoms with Crippen molar-refractivity contribution >= 4 is 35.3 Å². The van der Waals surface area contributed by atoms with E-state index < -0.39 is 29.0 Å². The summed E-state index contributed by atoms with van der Waals surface area (Å²) < 4.78 is 45.9. The molecule has 14 heteroatoms. The number of benzene rings is 2. The van der Waals surface area contributed by atoms with Crippen molar-refractivity contribution in [3.63, 3.8) is 0 Å². The fraction of sp³-hybridized carbons (Fsp3) is 0.571. The summed E-state index contributed by atoms with van der Waals surface area (Å²) in [6, 6.07) is 11.2. The Morgan fingerprint density at radius 3 is 2.22 bits per heavy atom. The largest absolute Gasteiger partial charge is 0.436 e. The van der Waals surface area contributed by atoms with Gasteiger partial charge in [-0.1, -0.05) is 43.3 Å². The standard InChI is InChI=1S/C34H42ClF3N6O4.CH4/c35-28-21-23(5-6-27(28)34(36,37)38)22-30(31(45)42-14-8-25(9-15-42)41-19-12-39-13-20-41)48-33(47)43-16-10-26(11-17-43)44-18-7-24-3-1-2-4-29(24)40-32(44)46;/h1-6,21,25-26,30,39H,7-20,22H2,(H,40,46);1H4/t30-;/m1./s1. The number of piperazine rings is 1. The third-order valence-electron chi connectivity index (χ3n) is 10.0. The van der Waals surface area contributed by atoms with Crippen molar-refractivity contribution in [3.05, 3.63) is 64.2 Å². The van der Waals surface area contributed by atoms with Crippen LogP contribution in [0, 0.1) is 0 Å². The van der Waals surface area contributed by atoms with Crippen molar-refractivity contribution < 1.29 is 32.3 Å². The SMILES string of the molecule is C.O=C(O[C@H](Cc1ccc(C(F)(F)F)c(Cl)c1)C(=O)N1CCC(N2CCNCC2)CC1)N1CCC(N2CCc3ccccc3NC2=O)CC1. The monoisotopic (exact) mass is 706 g/mol. The van der Waals surface area contributed by atoms with Crippen molar-refractivity contribution in [1.82, 2.24) is 24.9 Å². The molecular weight excluding hydrogens is 661 g/mol. The quantitative estimate of drug-likeness (QED) is 0.413. The highest BCUT2D eigenvalue weighted by atomic mass is 35.5. The third kappa shape index (κ3) is 8.79. The fourth-order valence-electron chi connectivity index (χ4n) is 7.31. The molecule has 0 radical (unpaired) electrons. The van der Waals surface area contributed by atoms with E-state index in [1.807, 2.05) is 29.2 Å². The Balaban J connectivity index is 0.00000468. The van der Waals surface area contributed by atoms with E-state index in [0.717, 1.165) is 62.8 Å². The average Bonchev–Trinajstić information content (AvgIpc) is 3.25. The second-order valence-electron chi connectivity index (χ2n) is 13.0. The lowest BCUT2D eigenvalue weighted by atomic mass is 10.00. The van der Waals surface area contributed by atoms with E-state index in [0.29, 0.717) is 57.2 Å². The van der Waals surface area contributed by atoms with Crippen molar-refractivity contribution in [3.8, 4) is 0 Å². The number of urea groups is 1. The first kappa shape index (κ1) is 36.7. The van der Waals surface area contributed by atoms with Gasteiger partial charge < -0.3 is 30.1 Å². The van der Waals surface area contributed by atoms with Crippen LogP contribution in [-0.4, -0.2) is 115 Å². The maximum absolute atomic E-state index is 13.9. The molecule has 10 nitrogen and oxygen atoms in total. The topological polar surface area (TPSA) is 97.5 Å². The number of hydrogen-bond donors (Lipinski definition) is 2. The molecule has 4 amide bonds. The molecule has 2 N–H and O–H groups in total. The fourth-order valence-corrected chi connectivity index (χ4v) is 7.62. The molecule has 3 fully saturated rings. The van der Waals surface area contributed by atoms with Gasteiger partial charge in [-0.2, -0.15) is 13.2 Å². The molecule has 6 rings (SSSR count). The van der Waals surface area contributed by atoms with Gasteiger partial charge >= 0.3 is 18.3 Å². The Labute approximate surface area is 290 Å². The number of nitrogens with zero attached hydrogens (tertiary/aromatic N) is 4. The lowest BCUT2D eigenvalue weighted by molar-refractivity contribution is -0.142. The summed E-state index contributed by atoms with van der Waals surface area (Å²) >= 11 is 5.99. The third-order valence-corrected chi connectivity index (χ3v) is 10.3. The second-order valence-corrected chi connectivity index (χ2v) is 13.4. The minimum atomic E-state index is -4.61. The molecule has 268 valence electrons. The van der Waals surface area contributed by atoms with E-state index in [1.165, 1.54) is 17.0 Å². The number of fused-ring (bicyclic) bond motifs is 1. The van der Waals surface area contributed by atoms with Gasteiger partial charge in [-0.05, 0) is 61.4 Å². The molecule has 0 aromatic heterocycles. The molecule has 3 saturated heterocycles. The number of hydrogen-bond acceptors (Lipinski definition) is 6. The molecule has 1 atom stereocenters. The van der Waals surface area contributed by atoms with E-state index in [9.17, 15) is 27.6 Å². The smallest absolute Gasteiger partial charge is 0.417 e. The Kier molecular flexibility index (Phi) is 12.0. The van der Waals surface area contributed by atoms with Crippen molar-refractivity contribution in [2.24, 2.45) is 0 Å². The van der Waals surface area contributed by atoms with Crippen molar-refractivity contribution in [2.45, 2.75) is 70.3 Å². The predicted octanol–water partition coefficient (Wildman–Crippen LogP) is 5.49. The van der Waals surface area contributed by atoms with Crippen LogP contribution in [0.3, 0.4) is 0 Å². The summed E-state index contributed by atoms with van der Waals surface area (Å²) in [5.41, 5.74) is 1.28. The molecule has 49 heavy (non-hydrogen) atoms. The zero-order valence-corrected chi connectivity index (χ0v) is 27.6. The van der Waals surface area contributed by atoms with Crippen molar-refractivity contribution in [1.29, 1.82) is 0 Å². The van der Waals surface area contributed by atoms with Gasteiger partial charge in [0.1, 0.15) is 0 Å². The number of para-hydroxylation sites is 1. The number of amides is 4. The number of likely N-dealkylation sites (tertiary alicyclic amines) is 2. The van der Waals surface area contributed by atoms with Crippen LogP contribution in [0.5, 0.6) is 0 Å². The van der Waals surface area contributed by atoms with Crippen LogP contribution in [0.15, 0.2) is 42.5 Å². The highest BCUT2D eigenvalue weighted by Crippen LogP contribution is 2.35. The number of carbonyl (C=O) groups is 3. The molecule has 0 saturated carbocycles. The van der Waals surface area contributed by atoms with Crippen LogP contribution in [-0.2, 0) is 28.5 Å². The molecule has 0 spiro atoms. The lowest BCUT2D eigenvalue weighted by Gasteiger charge is -2.41. The molecular formula is C35H46ClF3N6O4. The van der Waals surface area contributed by atoms with Gasteiger partial charge in [0.15, 0.2) is 6.10 Å². The first-order chi connectivity index (χ1) is 23.1. The molecule has 2 aromatic rings. The molecule has 4 aliphatic rings. The van der Waals surface area contributed by atoms with E-state index >= 15 is 0 Å². The number of halogens is 4. The van der Waals surface area contributed by atoms with Gasteiger partial charge in [0.25, 0.3) is 5.91 Å². The van der Waals surface area contributed by atoms with Crippen LogP contribution < -0.4 is 10.6 Å². The number of rotatable bonds is 6. The number of nitrogens with one attached hydrogen (secondary N) is 2. The normalized spacial score (nSPS) is 20.5. The Bertz CT molecular complexity index is 1470. The molecule has 0 unspecified atom stereocenters.